The monoisotopic (exact) mass is 470 g/mol. The van der Waals surface area contributed by atoms with Crippen LogP contribution in [0.4, 0.5) is 5.69 Å². The summed E-state index contributed by atoms with van der Waals surface area (Å²) in [4.78, 5) is 24.1. The summed E-state index contributed by atoms with van der Waals surface area (Å²) in [6.45, 7) is 3.59. The van der Waals surface area contributed by atoms with Gasteiger partial charge in [-0.2, -0.15) is 0 Å². The maximum atomic E-state index is 12.7. The Bertz CT molecular complexity index is 1130. The van der Waals surface area contributed by atoms with Crippen molar-refractivity contribution >= 4 is 40.7 Å². The van der Waals surface area contributed by atoms with Gasteiger partial charge in [0.15, 0.2) is 16.8 Å². The summed E-state index contributed by atoms with van der Waals surface area (Å²) in [7, 11) is 0. The molecule has 32 heavy (non-hydrogen) atoms. The number of ketones is 1. The number of amides is 1. The number of para-hydroxylation sites is 1. The molecule has 0 radical (unpaired) electrons. The lowest BCUT2D eigenvalue weighted by Crippen LogP contribution is -2.23. The third kappa shape index (κ3) is 5.31. The summed E-state index contributed by atoms with van der Waals surface area (Å²) < 4.78 is 7.91. The minimum absolute atomic E-state index is 0.0134. The van der Waals surface area contributed by atoms with Crippen molar-refractivity contribution in [3.8, 4) is 5.75 Å². The van der Waals surface area contributed by atoms with E-state index < -0.39 is 0 Å². The standard InChI is InChI=1S/C23H23ClN4O3S/c1-14(29)16-7-9-17(10-8-16)25-22(30)15(2)32-23-27-26-21(28(23)18-11-12-18)13-31-20-6-4-3-5-19(20)24/h3-10,15,18H,11-13H2,1-2H3,(H,25,30)/t15-/m0/s1. The molecule has 166 valence electrons. The highest BCUT2D eigenvalue weighted by atomic mass is 35.5. The van der Waals surface area contributed by atoms with Crippen LogP contribution in [-0.4, -0.2) is 31.7 Å². The number of halogens is 1. The Morgan fingerprint density at radius 2 is 1.91 bits per heavy atom. The number of aromatic nitrogens is 3. The van der Waals surface area contributed by atoms with Crippen LogP contribution >= 0.6 is 23.4 Å². The van der Waals surface area contributed by atoms with Crippen LogP contribution in [0.2, 0.25) is 5.02 Å². The van der Waals surface area contributed by atoms with Crippen molar-refractivity contribution in [2.45, 2.75) is 49.7 Å². The quantitative estimate of drug-likeness (QED) is 0.343. The first kappa shape index (κ1) is 22.4. The van der Waals surface area contributed by atoms with Crippen molar-refractivity contribution < 1.29 is 14.3 Å². The number of hydrogen-bond donors (Lipinski definition) is 1. The fraction of sp³-hybridized carbons (Fsp3) is 0.304. The molecule has 1 saturated carbocycles. The zero-order valence-electron chi connectivity index (χ0n) is 17.7. The number of carbonyl (C=O) groups is 2. The van der Waals surface area contributed by atoms with Gasteiger partial charge in [-0.3, -0.25) is 14.2 Å². The summed E-state index contributed by atoms with van der Waals surface area (Å²) in [6.07, 6.45) is 2.10. The predicted molar refractivity (Wildman–Crippen MR) is 124 cm³/mol. The third-order valence-corrected chi connectivity index (χ3v) is 6.42. The molecule has 9 heteroatoms. The molecule has 1 N–H and O–H groups in total. The zero-order valence-corrected chi connectivity index (χ0v) is 19.3. The Morgan fingerprint density at radius 3 is 2.56 bits per heavy atom. The van der Waals surface area contributed by atoms with Gasteiger partial charge >= 0.3 is 0 Å². The lowest BCUT2D eigenvalue weighted by Gasteiger charge is -2.14. The number of nitrogens with one attached hydrogen (secondary N) is 1. The largest absolute Gasteiger partial charge is 0.484 e. The number of carbonyl (C=O) groups excluding carboxylic acids is 2. The van der Waals surface area contributed by atoms with E-state index in [0.29, 0.717) is 39.0 Å². The number of rotatable bonds is 9. The minimum Gasteiger partial charge on any atom is -0.484 e. The van der Waals surface area contributed by atoms with Crippen LogP contribution in [-0.2, 0) is 11.4 Å². The van der Waals surface area contributed by atoms with Gasteiger partial charge in [0.25, 0.3) is 0 Å². The number of hydrogen-bond acceptors (Lipinski definition) is 6. The highest BCUT2D eigenvalue weighted by Gasteiger charge is 2.31. The Balaban J connectivity index is 1.41. The van der Waals surface area contributed by atoms with Crippen LogP contribution in [0, 0.1) is 0 Å². The second-order valence-corrected chi connectivity index (χ2v) is 9.32. The second kappa shape index (κ2) is 9.75. The SMILES string of the molecule is CC(=O)c1ccc(NC(=O)[C@H](C)Sc2nnc(COc3ccccc3Cl)n2C2CC2)cc1. The van der Waals surface area contributed by atoms with Gasteiger partial charge in [-0.1, -0.05) is 35.5 Å². The number of thioether (sulfide) groups is 1. The Morgan fingerprint density at radius 1 is 1.19 bits per heavy atom. The Hall–Kier alpha value is -2.84. The van der Waals surface area contributed by atoms with Crippen molar-refractivity contribution in [1.82, 2.24) is 14.8 Å². The van der Waals surface area contributed by atoms with Gasteiger partial charge in [0.1, 0.15) is 12.4 Å². The van der Waals surface area contributed by atoms with Crippen molar-refractivity contribution in [2.24, 2.45) is 0 Å². The van der Waals surface area contributed by atoms with E-state index in [1.54, 1.807) is 30.3 Å². The molecular formula is C23H23ClN4O3S. The number of benzene rings is 2. The van der Waals surface area contributed by atoms with Crippen molar-refractivity contribution in [3.63, 3.8) is 0 Å². The Kier molecular flexibility index (Phi) is 6.81. The van der Waals surface area contributed by atoms with E-state index in [1.807, 2.05) is 25.1 Å². The number of Topliss-reactive ketones (excluding diaryl/α,β-unsaturated/α-hetero) is 1. The summed E-state index contributed by atoms with van der Waals surface area (Å²) >= 11 is 7.53. The fourth-order valence-electron chi connectivity index (χ4n) is 3.13. The van der Waals surface area contributed by atoms with Crippen LogP contribution in [0.25, 0.3) is 0 Å². The molecule has 0 saturated heterocycles. The smallest absolute Gasteiger partial charge is 0.237 e. The molecule has 1 aliphatic carbocycles. The fourth-order valence-corrected chi connectivity index (χ4v) is 4.26. The average molecular weight is 471 g/mol. The van der Waals surface area contributed by atoms with Crippen LogP contribution < -0.4 is 10.1 Å². The van der Waals surface area contributed by atoms with Gasteiger partial charge in [0.2, 0.25) is 5.91 Å². The predicted octanol–water partition coefficient (Wildman–Crippen LogP) is 5.17. The summed E-state index contributed by atoms with van der Waals surface area (Å²) in [5.41, 5.74) is 1.25. The molecule has 0 unspecified atom stereocenters. The summed E-state index contributed by atoms with van der Waals surface area (Å²) in [5.74, 6) is 1.14. The molecule has 7 nitrogen and oxygen atoms in total. The minimum atomic E-state index is -0.387. The molecule has 2 aromatic carbocycles. The maximum absolute atomic E-state index is 12.7. The molecule has 3 aromatic rings. The van der Waals surface area contributed by atoms with Gasteiger partial charge < -0.3 is 10.1 Å². The van der Waals surface area contributed by atoms with Crippen molar-refractivity contribution in [3.05, 3.63) is 64.9 Å². The lowest BCUT2D eigenvalue weighted by atomic mass is 10.1. The molecule has 0 spiro atoms. The topological polar surface area (TPSA) is 86.1 Å². The number of anilines is 1. The van der Waals surface area contributed by atoms with E-state index in [-0.39, 0.29) is 23.5 Å². The molecule has 4 rings (SSSR count). The maximum Gasteiger partial charge on any atom is 0.237 e. The zero-order chi connectivity index (χ0) is 22.7. The van der Waals surface area contributed by atoms with E-state index in [9.17, 15) is 9.59 Å². The van der Waals surface area contributed by atoms with Gasteiger partial charge in [-0.15, -0.1) is 10.2 Å². The van der Waals surface area contributed by atoms with Crippen LogP contribution in [0.1, 0.15) is 48.9 Å². The van der Waals surface area contributed by atoms with E-state index in [1.165, 1.54) is 18.7 Å². The van der Waals surface area contributed by atoms with Gasteiger partial charge in [-0.25, -0.2) is 0 Å². The van der Waals surface area contributed by atoms with Gasteiger partial charge in [0.05, 0.1) is 10.3 Å². The molecule has 1 atom stereocenters. The molecule has 0 aliphatic heterocycles. The molecule has 0 bridgehead atoms. The van der Waals surface area contributed by atoms with Crippen molar-refractivity contribution in [1.29, 1.82) is 0 Å². The third-order valence-electron chi connectivity index (χ3n) is 5.05. The first-order valence-electron chi connectivity index (χ1n) is 10.3. The van der Waals surface area contributed by atoms with Crippen molar-refractivity contribution in [2.75, 3.05) is 5.32 Å². The average Bonchev–Trinajstić information content (AvgIpc) is 3.54. The normalized spacial score (nSPS) is 14.1. The van der Waals surface area contributed by atoms with E-state index in [2.05, 4.69) is 20.1 Å². The summed E-state index contributed by atoms with van der Waals surface area (Å²) in [5, 5.41) is 12.4. The molecule has 1 fully saturated rings. The molecule has 1 aromatic heterocycles. The second-order valence-electron chi connectivity index (χ2n) is 7.60. The first-order chi connectivity index (χ1) is 15.4. The van der Waals surface area contributed by atoms with Gasteiger partial charge in [0, 0.05) is 17.3 Å². The summed E-state index contributed by atoms with van der Waals surface area (Å²) in [6, 6.07) is 14.5. The van der Waals surface area contributed by atoms with Crippen LogP contribution in [0.5, 0.6) is 5.75 Å². The van der Waals surface area contributed by atoms with Gasteiger partial charge in [-0.05, 0) is 63.1 Å². The molecular weight excluding hydrogens is 448 g/mol. The lowest BCUT2D eigenvalue weighted by molar-refractivity contribution is -0.115. The van der Waals surface area contributed by atoms with Crippen LogP contribution in [0.15, 0.2) is 53.7 Å². The van der Waals surface area contributed by atoms with E-state index in [4.69, 9.17) is 16.3 Å². The highest BCUT2D eigenvalue weighted by Crippen LogP contribution is 2.40. The number of nitrogens with zero attached hydrogens (tertiary/aromatic N) is 3. The first-order valence-corrected chi connectivity index (χ1v) is 11.6. The van der Waals surface area contributed by atoms with E-state index >= 15 is 0 Å². The Labute approximate surface area is 195 Å². The molecule has 1 aliphatic rings. The number of ether oxygens (including phenoxy) is 1. The molecule has 1 amide bonds. The van der Waals surface area contributed by atoms with E-state index in [0.717, 1.165) is 12.8 Å². The van der Waals surface area contributed by atoms with Crippen LogP contribution in [0.3, 0.4) is 0 Å². The highest BCUT2D eigenvalue weighted by molar-refractivity contribution is 8.00. The molecule has 1 heterocycles.